The fraction of sp³-hybridized carbons (Fsp3) is 0.370. The summed E-state index contributed by atoms with van der Waals surface area (Å²) in [5.74, 6) is 0.603. The van der Waals surface area contributed by atoms with E-state index in [-0.39, 0.29) is 37.0 Å². The topological polar surface area (TPSA) is 35.5 Å². The largest absolute Gasteiger partial charge is 0.494 e. The zero-order valence-corrected chi connectivity index (χ0v) is 22.2. The Bertz CT molecular complexity index is 1110. The van der Waals surface area contributed by atoms with E-state index in [2.05, 4.69) is 12.2 Å². The molecule has 4 rings (SSSR count). The number of hydrogen-bond acceptors (Lipinski definition) is 3. The first-order valence-electron chi connectivity index (χ1n) is 11.4. The van der Waals surface area contributed by atoms with Gasteiger partial charge in [-0.15, -0.1) is 0 Å². The van der Waals surface area contributed by atoms with Crippen molar-refractivity contribution in [1.82, 2.24) is 0 Å². The highest BCUT2D eigenvalue weighted by Gasteiger charge is 2.28. The van der Waals surface area contributed by atoms with Gasteiger partial charge in [0.15, 0.2) is 5.78 Å². The SMILES string of the molecule is COc1c(C2=CCCCC2)cc(C(=O)c2cc(C3=CCCCC3)c(OC)c(Cl)c2Cl)c(Cl)c1Cl. The molecule has 3 nitrogen and oxygen atoms in total. The van der Waals surface area contributed by atoms with Crippen molar-refractivity contribution < 1.29 is 14.3 Å². The highest BCUT2D eigenvalue weighted by Crippen LogP contribution is 2.46. The summed E-state index contributed by atoms with van der Waals surface area (Å²) in [5.41, 5.74) is 4.29. The molecule has 34 heavy (non-hydrogen) atoms. The van der Waals surface area contributed by atoms with Crippen LogP contribution in [-0.2, 0) is 0 Å². The van der Waals surface area contributed by atoms with Crippen molar-refractivity contribution in [2.45, 2.75) is 51.4 Å². The molecule has 0 heterocycles. The van der Waals surface area contributed by atoms with Crippen LogP contribution in [0.3, 0.4) is 0 Å². The molecular formula is C27H26Cl4O3. The van der Waals surface area contributed by atoms with Gasteiger partial charge in [-0.2, -0.15) is 0 Å². The van der Waals surface area contributed by atoms with E-state index in [1.807, 2.05) is 0 Å². The molecule has 0 amide bonds. The third-order valence-corrected chi connectivity index (χ3v) is 8.19. The first-order chi connectivity index (χ1) is 16.4. The lowest BCUT2D eigenvalue weighted by Crippen LogP contribution is -2.09. The predicted molar refractivity (Wildman–Crippen MR) is 142 cm³/mol. The van der Waals surface area contributed by atoms with Gasteiger partial charge in [-0.25, -0.2) is 0 Å². The molecule has 0 radical (unpaired) electrons. The molecule has 0 atom stereocenters. The minimum absolute atomic E-state index is 0.130. The molecule has 2 aliphatic rings. The first-order valence-corrected chi connectivity index (χ1v) is 13.0. The second kappa shape index (κ2) is 11.0. The molecule has 0 N–H and O–H groups in total. The van der Waals surface area contributed by atoms with Gasteiger partial charge in [-0.1, -0.05) is 58.6 Å². The fourth-order valence-corrected chi connectivity index (χ4v) is 5.75. The number of ketones is 1. The second-order valence-electron chi connectivity index (χ2n) is 8.55. The molecule has 2 aromatic rings. The van der Waals surface area contributed by atoms with Gasteiger partial charge in [-0.05, 0) is 74.6 Å². The Labute approximate surface area is 220 Å². The lowest BCUT2D eigenvalue weighted by Gasteiger charge is -2.21. The van der Waals surface area contributed by atoms with E-state index in [1.165, 1.54) is 0 Å². The van der Waals surface area contributed by atoms with Crippen molar-refractivity contribution in [1.29, 1.82) is 0 Å². The number of carbonyl (C=O) groups is 1. The van der Waals surface area contributed by atoms with E-state index in [4.69, 9.17) is 55.9 Å². The summed E-state index contributed by atoms with van der Waals surface area (Å²) in [6.07, 6.45) is 12.5. The Morgan fingerprint density at radius 3 is 1.41 bits per heavy atom. The zero-order valence-electron chi connectivity index (χ0n) is 19.2. The summed E-state index contributed by atoms with van der Waals surface area (Å²) >= 11 is 26.4. The molecular weight excluding hydrogens is 514 g/mol. The van der Waals surface area contributed by atoms with Crippen molar-refractivity contribution in [3.63, 3.8) is 0 Å². The summed E-state index contributed by atoms with van der Waals surface area (Å²) in [6.45, 7) is 0. The van der Waals surface area contributed by atoms with Crippen LogP contribution < -0.4 is 9.47 Å². The van der Waals surface area contributed by atoms with E-state index in [0.717, 1.165) is 73.6 Å². The summed E-state index contributed by atoms with van der Waals surface area (Å²) in [6, 6.07) is 3.53. The summed E-state index contributed by atoms with van der Waals surface area (Å²) in [5, 5.41) is 0.681. The Hall–Kier alpha value is -1.65. The summed E-state index contributed by atoms with van der Waals surface area (Å²) < 4.78 is 11.2. The van der Waals surface area contributed by atoms with Crippen molar-refractivity contribution in [2.75, 3.05) is 14.2 Å². The number of allylic oxidation sites excluding steroid dienone is 4. The minimum atomic E-state index is -0.348. The third-order valence-electron chi connectivity index (χ3n) is 6.50. The molecule has 0 saturated carbocycles. The quantitative estimate of drug-likeness (QED) is 0.343. The van der Waals surface area contributed by atoms with Crippen LogP contribution in [0, 0.1) is 0 Å². The van der Waals surface area contributed by atoms with Gasteiger partial charge < -0.3 is 9.47 Å². The van der Waals surface area contributed by atoms with Gasteiger partial charge in [0.1, 0.15) is 21.5 Å². The molecule has 2 aromatic carbocycles. The molecule has 2 aliphatic carbocycles. The molecule has 180 valence electrons. The van der Waals surface area contributed by atoms with Crippen LogP contribution >= 0.6 is 46.4 Å². The van der Waals surface area contributed by atoms with Crippen LogP contribution in [0.2, 0.25) is 20.1 Å². The standard InChI is InChI=1S/C27H26Cl4O3/c1-33-26-17(15-9-5-3-6-10-15)13-19(21(28)23(26)30)25(32)20-14-18(16-11-7-4-8-12-16)27(34-2)24(31)22(20)29/h9,11,13-14H,3-8,10,12H2,1-2H3. The van der Waals surface area contributed by atoms with E-state index in [0.29, 0.717) is 11.5 Å². The van der Waals surface area contributed by atoms with Crippen LogP contribution in [0.1, 0.15) is 78.4 Å². The molecule has 0 bridgehead atoms. The monoisotopic (exact) mass is 538 g/mol. The maximum Gasteiger partial charge on any atom is 0.196 e. The average Bonchev–Trinajstić information content (AvgIpc) is 2.87. The molecule has 7 heteroatoms. The van der Waals surface area contributed by atoms with Crippen LogP contribution in [0.15, 0.2) is 24.3 Å². The Kier molecular flexibility index (Phi) is 8.20. The molecule has 0 fully saturated rings. The Balaban J connectivity index is 1.89. The van der Waals surface area contributed by atoms with Crippen molar-refractivity contribution in [3.8, 4) is 11.5 Å². The van der Waals surface area contributed by atoms with Crippen molar-refractivity contribution in [3.05, 3.63) is 66.6 Å². The number of hydrogen-bond donors (Lipinski definition) is 0. The first kappa shape index (κ1) is 25.4. The molecule has 0 aliphatic heterocycles. The number of carbonyl (C=O) groups excluding carboxylic acids is 1. The molecule has 0 saturated heterocycles. The molecule has 0 unspecified atom stereocenters. The van der Waals surface area contributed by atoms with Gasteiger partial charge >= 0.3 is 0 Å². The number of methoxy groups -OCH3 is 2. The lowest BCUT2D eigenvalue weighted by molar-refractivity contribution is 0.103. The van der Waals surface area contributed by atoms with Gasteiger partial charge in [0.2, 0.25) is 0 Å². The van der Waals surface area contributed by atoms with Gasteiger partial charge in [0.25, 0.3) is 0 Å². The van der Waals surface area contributed by atoms with Crippen LogP contribution in [0.5, 0.6) is 11.5 Å². The van der Waals surface area contributed by atoms with E-state index in [1.54, 1.807) is 26.4 Å². The van der Waals surface area contributed by atoms with Crippen LogP contribution in [-0.4, -0.2) is 20.0 Å². The second-order valence-corrected chi connectivity index (χ2v) is 10.1. The van der Waals surface area contributed by atoms with Gasteiger partial charge in [-0.3, -0.25) is 4.79 Å². The maximum atomic E-state index is 13.9. The Morgan fingerprint density at radius 2 is 1.09 bits per heavy atom. The normalized spacial score (nSPS) is 16.1. The van der Waals surface area contributed by atoms with E-state index in [9.17, 15) is 4.79 Å². The summed E-state index contributed by atoms with van der Waals surface area (Å²) in [4.78, 5) is 13.9. The zero-order chi connectivity index (χ0) is 24.4. The minimum Gasteiger partial charge on any atom is -0.494 e. The number of rotatable bonds is 6. The van der Waals surface area contributed by atoms with Crippen molar-refractivity contribution in [2.24, 2.45) is 0 Å². The van der Waals surface area contributed by atoms with Gasteiger partial charge in [0.05, 0.1) is 24.3 Å². The van der Waals surface area contributed by atoms with Crippen molar-refractivity contribution >= 4 is 63.3 Å². The highest BCUT2D eigenvalue weighted by molar-refractivity contribution is 6.48. The highest BCUT2D eigenvalue weighted by atomic mass is 35.5. The van der Waals surface area contributed by atoms with Gasteiger partial charge in [0, 0.05) is 22.3 Å². The van der Waals surface area contributed by atoms with E-state index >= 15 is 0 Å². The number of halogens is 4. The van der Waals surface area contributed by atoms with E-state index < -0.39 is 0 Å². The third kappa shape index (κ3) is 4.73. The lowest BCUT2D eigenvalue weighted by atomic mass is 9.89. The number of ether oxygens (including phenoxy) is 2. The van der Waals surface area contributed by atoms with Crippen LogP contribution in [0.25, 0.3) is 11.1 Å². The molecule has 0 aromatic heterocycles. The van der Waals surface area contributed by atoms with Crippen LogP contribution in [0.4, 0.5) is 0 Å². The fourth-order valence-electron chi connectivity index (χ4n) is 4.74. The molecule has 0 spiro atoms. The summed E-state index contributed by atoms with van der Waals surface area (Å²) in [7, 11) is 3.10. The maximum absolute atomic E-state index is 13.9. The smallest absolute Gasteiger partial charge is 0.196 e. The Morgan fingerprint density at radius 1 is 0.676 bits per heavy atom. The average molecular weight is 540 g/mol. The predicted octanol–water partition coefficient (Wildman–Crippen LogP) is 9.46. The number of benzene rings is 2.